The zero-order chi connectivity index (χ0) is 22.1. The Kier molecular flexibility index (Phi) is 6.62. The molecule has 1 N–H and O–H groups in total. The molecule has 5 nitrogen and oxygen atoms in total. The van der Waals surface area contributed by atoms with Crippen LogP contribution in [0.15, 0.2) is 49.1 Å². The second-order valence-corrected chi connectivity index (χ2v) is 10.1. The van der Waals surface area contributed by atoms with Gasteiger partial charge in [-0.3, -0.25) is 0 Å². The third kappa shape index (κ3) is 4.76. The first kappa shape index (κ1) is 22.9. The second kappa shape index (κ2) is 8.95. The van der Waals surface area contributed by atoms with Gasteiger partial charge < -0.3 is 24.1 Å². The minimum atomic E-state index is -1.11. The normalized spacial score (nSPS) is 47.9. The maximum atomic E-state index is 11.0. The van der Waals surface area contributed by atoms with E-state index in [4.69, 9.17) is 18.9 Å². The van der Waals surface area contributed by atoms with Crippen LogP contribution in [0.5, 0.6) is 0 Å². The van der Waals surface area contributed by atoms with Crippen molar-refractivity contribution in [3.8, 4) is 0 Å². The Bertz CT molecular complexity index is 740. The average molecular weight is 431 g/mol. The molecular formula is C26H38O5. The first-order chi connectivity index (χ1) is 14.8. The maximum absolute atomic E-state index is 11.0. The molecule has 0 bridgehead atoms. The van der Waals surface area contributed by atoms with Gasteiger partial charge in [-0.15, -0.1) is 6.58 Å². The van der Waals surface area contributed by atoms with E-state index in [-0.39, 0.29) is 30.0 Å². The molecule has 0 aromatic rings. The van der Waals surface area contributed by atoms with Crippen molar-refractivity contribution in [3.05, 3.63) is 49.1 Å². The lowest BCUT2D eigenvalue weighted by Gasteiger charge is -2.56. The number of allylic oxidation sites excluding steroid dienone is 4. The minimum absolute atomic E-state index is 0.0536. The van der Waals surface area contributed by atoms with Crippen molar-refractivity contribution >= 4 is 0 Å². The topological polar surface area (TPSA) is 57.2 Å². The van der Waals surface area contributed by atoms with Gasteiger partial charge in [0.1, 0.15) is 17.8 Å². The second-order valence-electron chi connectivity index (χ2n) is 10.1. The van der Waals surface area contributed by atoms with Crippen LogP contribution in [-0.4, -0.2) is 59.0 Å². The SMILES string of the molecule is C=CC/C=C\C=C/[C@H]1O[C@H]2C[C@H]3O[C@H]4CCCCO[C@]4(C)C[C@]3(C)O[C@@H]2C=C[C@]1(C)O. The van der Waals surface area contributed by atoms with Crippen LogP contribution in [0, 0.1) is 0 Å². The minimum Gasteiger partial charge on any atom is -0.383 e. The number of hydrogen-bond donors (Lipinski definition) is 1. The van der Waals surface area contributed by atoms with Gasteiger partial charge in [-0.2, -0.15) is 0 Å². The van der Waals surface area contributed by atoms with Gasteiger partial charge in [-0.1, -0.05) is 42.5 Å². The molecule has 172 valence electrons. The number of aliphatic hydroxyl groups is 1. The van der Waals surface area contributed by atoms with Crippen LogP contribution in [0.4, 0.5) is 0 Å². The lowest BCUT2D eigenvalue weighted by molar-refractivity contribution is -0.310. The molecule has 4 aliphatic heterocycles. The first-order valence-corrected chi connectivity index (χ1v) is 11.7. The Morgan fingerprint density at radius 3 is 2.74 bits per heavy atom. The summed E-state index contributed by atoms with van der Waals surface area (Å²) >= 11 is 0. The predicted octanol–water partition coefficient (Wildman–Crippen LogP) is 4.41. The highest BCUT2D eigenvalue weighted by molar-refractivity contribution is 5.19. The van der Waals surface area contributed by atoms with Crippen LogP contribution >= 0.6 is 0 Å². The molecule has 4 aliphatic rings. The lowest BCUT2D eigenvalue weighted by atomic mass is 9.74. The van der Waals surface area contributed by atoms with Crippen molar-refractivity contribution in [1.82, 2.24) is 0 Å². The Hall–Kier alpha value is -1.24. The molecule has 0 aliphatic carbocycles. The monoisotopic (exact) mass is 430 g/mol. The Morgan fingerprint density at radius 2 is 1.94 bits per heavy atom. The van der Waals surface area contributed by atoms with E-state index in [1.54, 1.807) is 6.92 Å². The van der Waals surface area contributed by atoms with Crippen LogP contribution < -0.4 is 0 Å². The zero-order valence-electron chi connectivity index (χ0n) is 19.2. The van der Waals surface area contributed by atoms with E-state index < -0.39 is 17.3 Å². The molecule has 8 atom stereocenters. The van der Waals surface area contributed by atoms with E-state index >= 15 is 0 Å². The first-order valence-electron chi connectivity index (χ1n) is 11.7. The van der Waals surface area contributed by atoms with Crippen LogP contribution in [0.25, 0.3) is 0 Å². The third-order valence-electron chi connectivity index (χ3n) is 7.26. The fraction of sp³-hybridized carbons (Fsp3) is 0.692. The fourth-order valence-electron chi connectivity index (χ4n) is 5.48. The molecule has 0 spiro atoms. The van der Waals surface area contributed by atoms with Crippen molar-refractivity contribution in [2.45, 2.75) is 107 Å². The molecule has 0 unspecified atom stereocenters. The molecule has 0 aromatic heterocycles. The molecule has 4 heterocycles. The van der Waals surface area contributed by atoms with E-state index in [2.05, 4.69) is 20.4 Å². The summed E-state index contributed by atoms with van der Waals surface area (Å²) in [5, 5.41) is 11.0. The van der Waals surface area contributed by atoms with E-state index in [1.165, 1.54) is 0 Å². The Labute approximate surface area is 186 Å². The van der Waals surface area contributed by atoms with E-state index in [0.717, 1.165) is 45.1 Å². The predicted molar refractivity (Wildman–Crippen MR) is 121 cm³/mol. The quantitative estimate of drug-likeness (QED) is 0.529. The van der Waals surface area contributed by atoms with Gasteiger partial charge >= 0.3 is 0 Å². The molecule has 31 heavy (non-hydrogen) atoms. The van der Waals surface area contributed by atoms with Crippen LogP contribution in [0.1, 0.15) is 59.3 Å². The number of hydrogen-bond acceptors (Lipinski definition) is 5. The summed E-state index contributed by atoms with van der Waals surface area (Å²) in [6.07, 6.45) is 18.2. The van der Waals surface area contributed by atoms with Crippen molar-refractivity contribution in [2.75, 3.05) is 6.61 Å². The van der Waals surface area contributed by atoms with Gasteiger partial charge in [-0.25, -0.2) is 0 Å². The number of fused-ring (bicyclic) bond motifs is 3. The van der Waals surface area contributed by atoms with E-state index in [0.29, 0.717) is 0 Å². The van der Waals surface area contributed by atoms with Crippen molar-refractivity contribution in [1.29, 1.82) is 0 Å². The van der Waals surface area contributed by atoms with Gasteiger partial charge in [0, 0.05) is 19.4 Å². The van der Waals surface area contributed by atoms with Crippen LogP contribution in [0.2, 0.25) is 0 Å². The standard InChI is InChI=1S/C26H38O5/c1-5-6-7-8-9-12-21-24(2,27)15-14-19-20(29-21)17-23-26(4,31-19)18-25(3)22(30-23)13-10-11-16-28-25/h5,7-9,12,14-15,19-23,27H,1,6,10-11,13,16-18H2,2-4H3/b8-7-,12-9-/t19-,20+,21-,22+,23-,24+,25-,26+/m1/s1. The van der Waals surface area contributed by atoms with Crippen LogP contribution in [-0.2, 0) is 18.9 Å². The van der Waals surface area contributed by atoms with Crippen LogP contribution in [0.3, 0.4) is 0 Å². The zero-order valence-corrected chi connectivity index (χ0v) is 19.2. The summed E-state index contributed by atoms with van der Waals surface area (Å²) in [5.41, 5.74) is -1.88. The average Bonchev–Trinajstić information content (AvgIpc) is 2.95. The Balaban J connectivity index is 1.52. The van der Waals surface area contributed by atoms with Gasteiger partial charge in [0.15, 0.2) is 0 Å². The van der Waals surface area contributed by atoms with Gasteiger partial charge in [0.2, 0.25) is 0 Å². The molecule has 0 radical (unpaired) electrons. The molecular weight excluding hydrogens is 392 g/mol. The van der Waals surface area contributed by atoms with Crippen molar-refractivity contribution in [2.24, 2.45) is 0 Å². The molecule has 3 saturated heterocycles. The van der Waals surface area contributed by atoms with Gasteiger partial charge in [0.25, 0.3) is 0 Å². The fourth-order valence-corrected chi connectivity index (χ4v) is 5.48. The summed E-state index contributed by atoms with van der Waals surface area (Å²) in [4.78, 5) is 0. The molecule has 3 fully saturated rings. The lowest BCUT2D eigenvalue weighted by Crippen LogP contribution is -2.66. The summed E-state index contributed by atoms with van der Waals surface area (Å²) in [6.45, 7) is 10.6. The summed E-state index contributed by atoms with van der Waals surface area (Å²) in [6, 6.07) is 0. The van der Waals surface area contributed by atoms with Gasteiger partial charge in [-0.05, 0) is 46.5 Å². The molecule has 4 rings (SSSR count). The molecule has 0 amide bonds. The number of rotatable bonds is 4. The molecule has 5 heteroatoms. The summed E-state index contributed by atoms with van der Waals surface area (Å²) < 4.78 is 26.0. The number of ether oxygens (including phenoxy) is 4. The third-order valence-corrected chi connectivity index (χ3v) is 7.26. The highest BCUT2D eigenvalue weighted by atomic mass is 16.6. The molecule has 0 saturated carbocycles. The van der Waals surface area contributed by atoms with Gasteiger partial charge in [0.05, 0.1) is 29.5 Å². The van der Waals surface area contributed by atoms with E-state index in [9.17, 15) is 5.11 Å². The van der Waals surface area contributed by atoms with Crippen molar-refractivity contribution < 1.29 is 24.1 Å². The highest BCUT2D eigenvalue weighted by Gasteiger charge is 2.58. The smallest absolute Gasteiger partial charge is 0.110 e. The summed E-state index contributed by atoms with van der Waals surface area (Å²) in [5.74, 6) is 0. The highest BCUT2D eigenvalue weighted by Crippen LogP contribution is 2.48. The summed E-state index contributed by atoms with van der Waals surface area (Å²) in [7, 11) is 0. The maximum Gasteiger partial charge on any atom is 0.110 e. The van der Waals surface area contributed by atoms with E-state index in [1.807, 2.05) is 42.5 Å². The van der Waals surface area contributed by atoms with Crippen molar-refractivity contribution in [3.63, 3.8) is 0 Å². The Morgan fingerprint density at radius 1 is 1.10 bits per heavy atom. The largest absolute Gasteiger partial charge is 0.383 e. The molecule has 0 aromatic carbocycles.